The van der Waals surface area contributed by atoms with Gasteiger partial charge in [-0.3, -0.25) is 4.79 Å². The minimum atomic E-state index is 0.0536. The monoisotopic (exact) mass is 467 g/mol. The van der Waals surface area contributed by atoms with Crippen molar-refractivity contribution in [3.63, 3.8) is 0 Å². The molecule has 1 saturated heterocycles. The van der Waals surface area contributed by atoms with Gasteiger partial charge in [-0.05, 0) is 68.1 Å². The molecule has 1 amide bonds. The van der Waals surface area contributed by atoms with E-state index in [1.54, 1.807) is 0 Å². The predicted octanol–water partition coefficient (Wildman–Crippen LogP) is 6.20. The number of amides is 1. The van der Waals surface area contributed by atoms with E-state index < -0.39 is 0 Å². The van der Waals surface area contributed by atoms with E-state index in [1.807, 2.05) is 35.2 Å². The Morgan fingerprint density at radius 3 is 2.57 bits per heavy atom. The first-order chi connectivity index (χ1) is 17.0. The minimum Gasteiger partial charge on any atom is -0.494 e. The average Bonchev–Trinajstić information content (AvgIpc) is 3.44. The normalized spacial score (nSPS) is 16.7. The van der Waals surface area contributed by atoms with Gasteiger partial charge in [-0.2, -0.15) is 0 Å². The van der Waals surface area contributed by atoms with Gasteiger partial charge in [0.2, 0.25) is 5.91 Å². The summed E-state index contributed by atoms with van der Waals surface area (Å²) in [5.74, 6) is 2.20. The van der Waals surface area contributed by atoms with Crippen LogP contribution in [0.15, 0.2) is 72.8 Å². The van der Waals surface area contributed by atoms with Crippen LogP contribution >= 0.6 is 0 Å². The molecule has 1 aliphatic rings. The molecule has 0 aliphatic carbocycles. The molecular weight excluding hydrogens is 434 g/mol. The molecule has 4 aromatic rings. The van der Waals surface area contributed by atoms with E-state index in [9.17, 15) is 4.79 Å². The Balaban J connectivity index is 1.32. The number of para-hydroxylation sites is 2. The van der Waals surface area contributed by atoms with Gasteiger partial charge >= 0.3 is 0 Å². The number of carbonyl (C=O) groups excluding carboxylic acids is 1. The lowest BCUT2D eigenvalue weighted by atomic mass is 10.1. The van der Waals surface area contributed by atoms with Crippen LogP contribution in [0.3, 0.4) is 0 Å². The number of fused-ring (bicyclic) bond motifs is 1. The highest BCUT2D eigenvalue weighted by Gasteiger charge is 2.36. The van der Waals surface area contributed by atoms with Crippen LogP contribution in [0.2, 0.25) is 0 Å². The zero-order valence-electron chi connectivity index (χ0n) is 20.8. The number of hydrogen-bond donors (Lipinski definition) is 0. The zero-order chi connectivity index (χ0) is 24.4. The average molecular weight is 468 g/mol. The van der Waals surface area contributed by atoms with Crippen LogP contribution in [0.5, 0.6) is 5.75 Å². The molecule has 0 saturated carbocycles. The molecule has 1 aliphatic heterocycles. The van der Waals surface area contributed by atoms with Crippen molar-refractivity contribution in [3.8, 4) is 5.75 Å². The van der Waals surface area contributed by atoms with E-state index in [0.717, 1.165) is 35.6 Å². The first kappa shape index (κ1) is 23.2. The van der Waals surface area contributed by atoms with E-state index >= 15 is 0 Å². The smallest absolute Gasteiger partial charge is 0.223 e. The Morgan fingerprint density at radius 1 is 1.00 bits per heavy atom. The van der Waals surface area contributed by atoms with Crippen LogP contribution in [0.1, 0.15) is 54.2 Å². The number of imidazole rings is 1. The van der Waals surface area contributed by atoms with Crippen molar-refractivity contribution in [1.82, 2.24) is 14.5 Å². The molecule has 1 aromatic heterocycles. The molecule has 2 unspecified atom stereocenters. The van der Waals surface area contributed by atoms with Crippen molar-refractivity contribution in [1.29, 1.82) is 0 Å². The van der Waals surface area contributed by atoms with Gasteiger partial charge in [0.15, 0.2) is 0 Å². The van der Waals surface area contributed by atoms with Crippen molar-refractivity contribution in [2.24, 2.45) is 0 Å². The Labute approximate surface area is 207 Å². The van der Waals surface area contributed by atoms with Crippen molar-refractivity contribution in [2.75, 3.05) is 13.2 Å². The van der Waals surface area contributed by atoms with Crippen LogP contribution in [-0.4, -0.2) is 33.5 Å². The molecule has 3 aromatic carbocycles. The highest BCUT2D eigenvalue weighted by molar-refractivity contribution is 5.81. The fourth-order valence-corrected chi connectivity index (χ4v) is 5.05. The number of benzene rings is 3. The Morgan fingerprint density at radius 2 is 1.77 bits per heavy atom. The van der Waals surface area contributed by atoms with Gasteiger partial charge < -0.3 is 14.2 Å². The fraction of sp³-hybridized carbons (Fsp3) is 0.333. The molecule has 2 heterocycles. The number of likely N-dealkylation sites (tertiary alicyclic amines) is 1. The number of ether oxygens (including phenoxy) is 1. The van der Waals surface area contributed by atoms with Gasteiger partial charge in [-0.1, -0.05) is 48.5 Å². The van der Waals surface area contributed by atoms with Crippen LogP contribution < -0.4 is 4.74 Å². The van der Waals surface area contributed by atoms with Gasteiger partial charge in [-0.15, -0.1) is 0 Å². The third-order valence-corrected chi connectivity index (χ3v) is 7.23. The molecule has 0 N–H and O–H groups in total. The lowest BCUT2D eigenvalue weighted by Gasteiger charge is -2.25. The molecule has 180 valence electrons. The van der Waals surface area contributed by atoms with Crippen molar-refractivity contribution >= 4 is 16.9 Å². The molecule has 5 heteroatoms. The zero-order valence-corrected chi connectivity index (χ0v) is 20.8. The number of aromatic nitrogens is 2. The number of nitrogens with zero attached hydrogens (tertiary/aromatic N) is 3. The molecule has 5 rings (SSSR count). The summed E-state index contributed by atoms with van der Waals surface area (Å²) >= 11 is 0. The molecule has 2 atom stereocenters. The Hall–Kier alpha value is -3.60. The van der Waals surface area contributed by atoms with Crippen molar-refractivity contribution in [3.05, 3.63) is 95.3 Å². The summed E-state index contributed by atoms with van der Waals surface area (Å²) in [5, 5.41) is 0. The molecule has 35 heavy (non-hydrogen) atoms. The van der Waals surface area contributed by atoms with E-state index in [1.165, 1.54) is 16.7 Å². The molecule has 0 spiro atoms. The number of aryl methyl sites for hydroxylation is 3. The first-order valence-electron chi connectivity index (χ1n) is 12.5. The summed E-state index contributed by atoms with van der Waals surface area (Å²) in [5.41, 5.74) is 5.79. The van der Waals surface area contributed by atoms with E-state index in [2.05, 4.69) is 67.8 Å². The van der Waals surface area contributed by atoms with E-state index in [-0.39, 0.29) is 17.9 Å². The molecule has 1 fully saturated rings. The standard InChI is InChI=1S/C30H33N3O2/c1-21-14-15-26(18-22(21)2)35-17-9-16-32-28-13-8-7-12-27(28)31-30(32)25-19-29(34)33(20-25)23(3)24-10-5-4-6-11-24/h4-8,10-15,18,23,25H,9,16-17,19-20H2,1-3H3. The topological polar surface area (TPSA) is 47.4 Å². The minimum absolute atomic E-state index is 0.0536. The first-order valence-corrected chi connectivity index (χ1v) is 12.5. The summed E-state index contributed by atoms with van der Waals surface area (Å²) in [6, 6.07) is 24.8. The Bertz CT molecular complexity index is 1330. The van der Waals surface area contributed by atoms with E-state index in [4.69, 9.17) is 9.72 Å². The fourth-order valence-electron chi connectivity index (χ4n) is 5.05. The molecule has 0 radical (unpaired) electrons. The third kappa shape index (κ3) is 4.81. The number of rotatable bonds is 8. The summed E-state index contributed by atoms with van der Waals surface area (Å²) < 4.78 is 8.34. The van der Waals surface area contributed by atoms with Gasteiger partial charge in [0.25, 0.3) is 0 Å². The van der Waals surface area contributed by atoms with Crippen molar-refractivity contribution < 1.29 is 9.53 Å². The van der Waals surface area contributed by atoms with Gasteiger partial charge in [-0.25, -0.2) is 4.98 Å². The summed E-state index contributed by atoms with van der Waals surface area (Å²) in [6.45, 7) is 8.46. The lowest BCUT2D eigenvalue weighted by Crippen LogP contribution is -2.28. The number of carbonyl (C=O) groups is 1. The third-order valence-electron chi connectivity index (χ3n) is 7.23. The summed E-state index contributed by atoms with van der Waals surface area (Å²) in [4.78, 5) is 20.0. The molecule has 5 nitrogen and oxygen atoms in total. The van der Waals surface area contributed by atoms with Crippen LogP contribution in [0.25, 0.3) is 11.0 Å². The highest BCUT2D eigenvalue weighted by atomic mass is 16.5. The molecule has 0 bridgehead atoms. The second-order valence-electron chi connectivity index (χ2n) is 9.59. The van der Waals surface area contributed by atoms with Crippen LogP contribution in [0, 0.1) is 13.8 Å². The SMILES string of the molecule is Cc1ccc(OCCCn2c(C3CC(=O)N(C(C)c4ccccc4)C3)nc3ccccc32)cc1C. The maximum Gasteiger partial charge on any atom is 0.223 e. The summed E-state index contributed by atoms with van der Waals surface area (Å²) in [6.07, 6.45) is 1.37. The Kier molecular flexibility index (Phi) is 6.58. The second kappa shape index (κ2) is 9.95. The van der Waals surface area contributed by atoms with Crippen LogP contribution in [-0.2, 0) is 11.3 Å². The number of hydrogen-bond acceptors (Lipinski definition) is 3. The maximum absolute atomic E-state index is 13.0. The molecular formula is C30H33N3O2. The maximum atomic E-state index is 13.0. The highest BCUT2D eigenvalue weighted by Crippen LogP contribution is 2.35. The van der Waals surface area contributed by atoms with E-state index in [0.29, 0.717) is 19.6 Å². The quantitative estimate of drug-likeness (QED) is 0.290. The lowest BCUT2D eigenvalue weighted by molar-refractivity contribution is -0.129. The predicted molar refractivity (Wildman–Crippen MR) is 140 cm³/mol. The van der Waals surface area contributed by atoms with Gasteiger partial charge in [0.1, 0.15) is 11.6 Å². The second-order valence-corrected chi connectivity index (χ2v) is 9.59. The van der Waals surface area contributed by atoms with Gasteiger partial charge in [0.05, 0.1) is 23.7 Å². The summed E-state index contributed by atoms with van der Waals surface area (Å²) in [7, 11) is 0. The van der Waals surface area contributed by atoms with Crippen molar-refractivity contribution in [2.45, 2.75) is 52.1 Å². The largest absolute Gasteiger partial charge is 0.494 e. The van der Waals surface area contributed by atoms with Gasteiger partial charge in [0, 0.05) is 25.4 Å². The van der Waals surface area contributed by atoms with Crippen LogP contribution in [0.4, 0.5) is 0 Å².